The van der Waals surface area contributed by atoms with Gasteiger partial charge in [0.1, 0.15) is 11.6 Å². The lowest BCUT2D eigenvalue weighted by Gasteiger charge is -2.12. The summed E-state index contributed by atoms with van der Waals surface area (Å²) in [5.74, 6) is -0.541. The quantitative estimate of drug-likeness (QED) is 0.394. The van der Waals surface area contributed by atoms with Gasteiger partial charge in [-0.25, -0.2) is 0 Å². The molecule has 110 valence electrons. The van der Waals surface area contributed by atoms with Crippen molar-refractivity contribution in [2.75, 3.05) is 13.1 Å². The molecule has 0 saturated heterocycles. The first-order valence-corrected chi connectivity index (χ1v) is 6.41. The lowest BCUT2D eigenvalue weighted by molar-refractivity contribution is -0.117. The molecule has 21 heavy (non-hydrogen) atoms. The Bertz CT molecular complexity index is 536. The fraction of sp³-hybridized carbons (Fsp3) is 0.286. The smallest absolute Gasteiger partial charge is 0.263 e. The van der Waals surface area contributed by atoms with Gasteiger partial charge in [0.25, 0.3) is 5.91 Å². The van der Waals surface area contributed by atoms with Crippen LogP contribution in [0.5, 0.6) is 0 Å². The number of pyridine rings is 1. The molecule has 0 aliphatic heterocycles. The van der Waals surface area contributed by atoms with Gasteiger partial charge in [-0.3, -0.25) is 14.6 Å². The third-order valence-electron chi connectivity index (χ3n) is 2.59. The number of nitrogens with two attached hydrogens (primary N) is 1. The zero-order valence-corrected chi connectivity index (χ0v) is 11.5. The van der Waals surface area contributed by atoms with Crippen molar-refractivity contribution in [3.05, 3.63) is 41.9 Å². The van der Waals surface area contributed by atoms with E-state index in [0.29, 0.717) is 25.9 Å². The van der Waals surface area contributed by atoms with Gasteiger partial charge in [-0.1, -0.05) is 6.07 Å². The molecule has 1 rings (SSSR count). The Morgan fingerprint density at radius 1 is 1.57 bits per heavy atom. The molecule has 0 saturated carbocycles. The number of amides is 2. The van der Waals surface area contributed by atoms with Crippen molar-refractivity contribution >= 4 is 12.3 Å². The van der Waals surface area contributed by atoms with Gasteiger partial charge in [0.2, 0.25) is 6.41 Å². The summed E-state index contributed by atoms with van der Waals surface area (Å²) in [6.07, 6.45) is 5.62. The minimum absolute atomic E-state index is 0.136. The molecule has 3 N–H and O–H groups in total. The highest BCUT2D eigenvalue weighted by atomic mass is 16.2. The van der Waals surface area contributed by atoms with E-state index in [1.54, 1.807) is 24.5 Å². The molecular weight excluding hydrogens is 270 g/mol. The van der Waals surface area contributed by atoms with Gasteiger partial charge in [-0.15, -0.1) is 0 Å². The van der Waals surface area contributed by atoms with Crippen LogP contribution in [0.15, 0.2) is 36.3 Å². The molecule has 7 heteroatoms. The number of carbonyl (C=O) groups excluding carboxylic acids is 2. The predicted octanol–water partition coefficient (Wildman–Crippen LogP) is -0.0875. The van der Waals surface area contributed by atoms with Crippen LogP contribution in [-0.4, -0.2) is 35.3 Å². The molecule has 7 nitrogen and oxygen atoms in total. The van der Waals surface area contributed by atoms with Crippen molar-refractivity contribution in [1.29, 1.82) is 5.26 Å². The zero-order valence-electron chi connectivity index (χ0n) is 11.5. The van der Waals surface area contributed by atoms with Crippen molar-refractivity contribution < 1.29 is 9.59 Å². The second-order valence-corrected chi connectivity index (χ2v) is 4.18. The van der Waals surface area contributed by atoms with Crippen LogP contribution in [0.4, 0.5) is 0 Å². The molecule has 2 amide bonds. The lowest BCUT2D eigenvalue weighted by Crippen LogP contribution is -2.27. The maximum atomic E-state index is 11.9. The Morgan fingerprint density at radius 2 is 2.38 bits per heavy atom. The third kappa shape index (κ3) is 5.84. The van der Waals surface area contributed by atoms with Gasteiger partial charge in [0.05, 0.1) is 0 Å². The number of carbonyl (C=O) groups is 2. The SMILES string of the molecule is N#C/C(=C/N(C=O)CCCN)C(=O)NCc1cccnc1. The number of rotatable bonds is 8. The molecule has 0 aliphatic carbocycles. The molecule has 0 aromatic carbocycles. The van der Waals surface area contributed by atoms with Crippen LogP contribution in [0.1, 0.15) is 12.0 Å². The topological polar surface area (TPSA) is 112 Å². The van der Waals surface area contributed by atoms with Crippen LogP contribution in [0.2, 0.25) is 0 Å². The number of nitriles is 1. The Labute approximate surface area is 123 Å². The van der Waals surface area contributed by atoms with Crippen LogP contribution in [-0.2, 0) is 16.1 Å². The van der Waals surface area contributed by atoms with Gasteiger partial charge in [0, 0.05) is 31.7 Å². The Morgan fingerprint density at radius 3 is 2.95 bits per heavy atom. The van der Waals surface area contributed by atoms with Crippen molar-refractivity contribution in [2.45, 2.75) is 13.0 Å². The second-order valence-electron chi connectivity index (χ2n) is 4.18. The van der Waals surface area contributed by atoms with Crippen LogP contribution < -0.4 is 11.1 Å². The zero-order chi connectivity index (χ0) is 15.5. The van der Waals surface area contributed by atoms with E-state index in [2.05, 4.69) is 10.3 Å². The Kier molecular flexibility index (Phi) is 7.18. The van der Waals surface area contributed by atoms with Crippen LogP contribution in [0.3, 0.4) is 0 Å². The summed E-state index contributed by atoms with van der Waals surface area (Å²) in [6.45, 7) is 1.05. The summed E-state index contributed by atoms with van der Waals surface area (Å²) in [5.41, 5.74) is 6.04. The summed E-state index contributed by atoms with van der Waals surface area (Å²) in [6, 6.07) is 5.34. The van der Waals surface area contributed by atoms with Crippen molar-refractivity contribution in [2.24, 2.45) is 5.73 Å². The molecule has 0 atom stereocenters. The molecule has 0 unspecified atom stereocenters. The standard InChI is InChI=1S/C14H17N5O2/c15-4-2-6-19(11-20)10-13(7-16)14(21)18-9-12-3-1-5-17-8-12/h1,3,5,8,10-11H,2,4,6,9,15H2,(H,18,21)/b13-10-. The van der Waals surface area contributed by atoms with Crippen molar-refractivity contribution in [1.82, 2.24) is 15.2 Å². The van der Waals surface area contributed by atoms with E-state index in [4.69, 9.17) is 11.0 Å². The van der Waals surface area contributed by atoms with E-state index in [1.165, 1.54) is 11.1 Å². The monoisotopic (exact) mass is 287 g/mol. The number of hydrogen-bond donors (Lipinski definition) is 2. The minimum atomic E-state index is -0.541. The van der Waals surface area contributed by atoms with Gasteiger partial charge >= 0.3 is 0 Å². The van der Waals surface area contributed by atoms with Crippen molar-refractivity contribution in [3.63, 3.8) is 0 Å². The molecule has 0 radical (unpaired) electrons. The number of nitrogens with one attached hydrogen (secondary N) is 1. The van der Waals surface area contributed by atoms with Gasteiger partial charge in [0.15, 0.2) is 0 Å². The summed E-state index contributed by atoms with van der Waals surface area (Å²) in [4.78, 5) is 27.9. The van der Waals surface area contributed by atoms with Gasteiger partial charge < -0.3 is 16.0 Å². The largest absolute Gasteiger partial charge is 0.347 e. The molecule has 0 aliphatic rings. The molecule has 0 fully saturated rings. The normalized spacial score (nSPS) is 10.6. The number of nitrogens with zero attached hydrogens (tertiary/aromatic N) is 3. The first-order chi connectivity index (χ1) is 10.2. The first kappa shape index (κ1) is 16.3. The Balaban J connectivity index is 2.63. The van der Waals surface area contributed by atoms with E-state index >= 15 is 0 Å². The van der Waals surface area contributed by atoms with Crippen molar-refractivity contribution in [3.8, 4) is 6.07 Å². The van der Waals surface area contributed by atoms with E-state index in [9.17, 15) is 9.59 Å². The molecular formula is C14H17N5O2. The van der Waals surface area contributed by atoms with E-state index in [1.807, 2.05) is 6.07 Å². The van der Waals surface area contributed by atoms with E-state index in [0.717, 1.165) is 5.56 Å². The predicted molar refractivity (Wildman–Crippen MR) is 76.2 cm³/mol. The summed E-state index contributed by atoms with van der Waals surface area (Å²) >= 11 is 0. The highest BCUT2D eigenvalue weighted by Gasteiger charge is 2.10. The number of hydrogen-bond acceptors (Lipinski definition) is 5. The highest BCUT2D eigenvalue weighted by molar-refractivity contribution is 5.97. The van der Waals surface area contributed by atoms with E-state index in [-0.39, 0.29) is 12.1 Å². The maximum absolute atomic E-state index is 11.9. The maximum Gasteiger partial charge on any atom is 0.263 e. The third-order valence-corrected chi connectivity index (χ3v) is 2.59. The molecule has 1 heterocycles. The summed E-state index contributed by atoms with van der Waals surface area (Å²) in [7, 11) is 0. The highest BCUT2D eigenvalue weighted by Crippen LogP contribution is 2.00. The fourth-order valence-electron chi connectivity index (χ4n) is 1.51. The van der Waals surface area contributed by atoms with Crippen LogP contribution in [0.25, 0.3) is 0 Å². The molecule has 1 aromatic heterocycles. The second kappa shape index (κ2) is 9.23. The Hall–Kier alpha value is -2.72. The molecule has 1 aromatic rings. The van der Waals surface area contributed by atoms with Gasteiger partial charge in [-0.05, 0) is 24.6 Å². The fourth-order valence-corrected chi connectivity index (χ4v) is 1.51. The summed E-state index contributed by atoms with van der Waals surface area (Å²) < 4.78 is 0. The average Bonchev–Trinajstić information content (AvgIpc) is 2.54. The average molecular weight is 287 g/mol. The lowest BCUT2D eigenvalue weighted by atomic mass is 10.2. The van der Waals surface area contributed by atoms with Crippen LogP contribution in [0, 0.1) is 11.3 Å². The van der Waals surface area contributed by atoms with Gasteiger partial charge in [-0.2, -0.15) is 5.26 Å². The molecule has 0 spiro atoms. The summed E-state index contributed by atoms with van der Waals surface area (Å²) in [5, 5.41) is 11.6. The van der Waals surface area contributed by atoms with Crippen LogP contribution >= 0.6 is 0 Å². The molecule has 0 bridgehead atoms. The van der Waals surface area contributed by atoms with E-state index < -0.39 is 5.91 Å². The minimum Gasteiger partial charge on any atom is -0.347 e. The first-order valence-electron chi connectivity index (χ1n) is 6.41. The number of aromatic nitrogens is 1.